The number of unbranched alkanes of at least 4 members (excludes halogenated alkanes) is 3. The summed E-state index contributed by atoms with van der Waals surface area (Å²) in [7, 11) is 0. The number of nitrogens with one attached hydrogen (secondary N) is 3. The average Bonchev–Trinajstić information content (AvgIpc) is 2.43. The van der Waals surface area contributed by atoms with Gasteiger partial charge < -0.3 is 21.1 Å². The van der Waals surface area contributed by atoms with E-state index in [0.717, 1.165) is 45.3 Å². The van der Waals surface area contributed by atoms with Crippen LogP contribution in [0.2, 0.25) is 0 Å². The fourth-order valence-electron chi connectivity index (χ4n) is 1.72. The van der Waals surface area contributed by atoms with E-state index >= 15 is 0 Å². The highest BCUT2D eigenvalue weighted by Crippen LogP contribution is 2.09. The summed E-state index contributed by atoms with van der Waals surface area (Å²) in [6.07, 6.45) is 4.07. The smallest absolute Gasteiger partial charge is 0.229 e. The topological polar surface area (TPSA) is 95.0 Å². The number of hydrogen-bond donors (Lipinski definition) is 4. The first-order valence-corrected chi connectivity index (χ1v) is 7.38. The molecule has 114 valence electrons. The Morgan fingerprint density at radius 3 is 1.75 bits per heavy atom. The van der Waals surface area contributed by atoms with E-state index in [-0.39, 0.29) is 6.61 Å². The highest BCUT2D eigenvalue weighted by molar-refractivity contribution is 5.41. The highest BCUT2D eigenvalue weighted by Gasteiger charge is 2.04. The molecule has 0 aliphatic rings. The van der Waals surface area contributed by atoms with E-state index in [1.54, 1.807) is 0 Å². The van der Waals surface area contributed by atoms with Crippen LogP contribution in [0.1, 0.15) is 39.5 Å². The Balaban J connectivity index is 2.46. The third kappa shape index (κ3) is 6.51. The van der Waals surface area contributed by atoms with E-state index in [1.807, 2.05) is 13.8 Å². The molecule has 0 saturated carbocycles. The Morgan fingerprint density at radius 1 is 0.750 bits per heavy atom. The summed E-state index contributed by atoms with van der Waals surface area (Å²) in [6.45, 7) is 6.66. The lowest BCUT2D eigenvalue weighted by molar-refractivity contribution is 0.283. The number of nitrogens with zero attached hydrogens (tertiary/aromatic N) is 3. The van der Waals surface area contributed by atoms with E-state index in [2.05, 4.69) is 30.9 Å². The second kappa shape index (κ2) is 10.2. The molecule has 0 bridgehead atoms. The van der Waals surface area contributed by atoms with Crippen LogP contribution in [0.15, 0.2) is 0 Å². The van der Waals surface area contributed by atoms with Gasteiger partial charge in [0, 0.05) is 26.2 Å². The lowest BCUT2D eigenvalue weighted by Crippen LogP contribution is -2.12. The zero-order valence-corrected chi connectivity index (χ0v) is 12.4. The summed E-state index contributed by atoms with van der Waals surface area (Å²) >= 11 is 0. The van der Waals surface area contributed by atoms with Gasteiger partial charge in [-0.25, -0.2) is 0 Å². The van der Waals surface area contributed by atoms with Crippen LogP contribution in [0.4, 0.5) is 17.8 Å². The number of aliphatic hydroxyl groups is 1. The van der Waals surface area contributed by atoms with Gasteiger partial charge in [-0.15, -0.1) is 0 Å². The summed E-state index contributed by atoms with van der Waals surface area (Å²) in [5.41, 5.74) is 0. The summed E-state index contributed by atoms with van der Waals surface area (Å²) in [4.78, 5) is 12.9. The molecule has 0 saturated heterocycles. The first-order chi connectivity index (χ1) is 9.80. The number of anilines is 3. The first kappa shape index (κ1) is 16.4. The molecular formula is C13H26N6O. The van der Waals surface area contributed by atoms with Crippen LogP contribution in [0, 0.1) is 0 Å². The molecule has 0 amide bonds. The van der Waals surface area contributed by atoms with E-state index in [4.69, 9.17) is 5.11 Å². The lowest BCUT2D eigenvalue weighted by atomic mass is 10.2. The van der Waals surface area contributed by atoms with Crippen LogP contribution in [0.3, 0.4) is 0 Å². The van der Waals surface area contributed by atoms with Crippen LogP contribution in [0.5, 0.6) is 0 Å². The van der Waals surface area contributed by atoms with E-state index in [1.165, 1.54) is 0 Å². The van der Waals surface area contributed by atoms with Gasteiger partial charge in [0.2, 0.25) is 17.8 Å². The molecule has 1 aromatic rings. The minimum Gasteiger partial charge on any atom is -0.396 e. The van der Waals surface area contributed by atoms with Crippen molar-refractivity contribution in [1.29, 1.82) is 0 Å². The number of aromatic nitrogens is 3. The standard InChI is InChI=1S/C13H26N6O/c1-3-14-11-17-12(15-4-2)19-13(18-11)16-9-7-5-6-8-10-20/h20H,3-10H2,1-2H3,(H3,14,15,16,17,18,19). The molecule has 0 aromatic carbocycles. The second-order valence-corrected chi connectivity index (χ2v) is 4.43. The SMILES string of the molecule is CCNc1nc(NCC)nc(NCCCCCCO)n1. The van der Waals surface area contributed by atoms with Crippen molar-refractivity contribution in [2.24, 2.45) is 0 Å². The third-order valence-corrected chi connectivity index (χ3v) is 2.67. The van der Waals surface area contributed by atoms with Crippen LogP contribution in [-0.4, -0.2) is 46.3 Å². The molecule has 0 atom stereocenters. The van der Waals surface area contributed by atoms with E-state index in [9.17, 15) is 0 Å². The van der Waals surface area contributed by atoms with Crippen molar-refractivity contribution in [3.8, 4) is 0 Å². The monoisotopic (exact) mass is 282 g/mol. The Kier molecular flexibility index (Phi) is 8.37. The Labute approximate surface area is 120 Å². The van der Waals surface area contributed by atoms with Crippen molar-refractivity contribution in [3.63, 3.8) is 0 Å². The summed E-state index contributed by atoms with van der Waals surface area (Å²) in [6, 6.07) is 0. The molecule has 1 rings (SSSR count). The molecule has 0 fully saturated rings. The van der Waals surface area contributed by atoms with Crippen molar-refractivity contribution >= 4 is 17.8 Å². The van der Waals surface area contributed by atoms with E-state index < -0.39 is 0 Å². The van der Waals surface area contributed by atoms with Gasteiger partial charge in [0.1, 0.15) is 0 Å². The molecule has 0 unspecified atom stereocenters. The summed E-state index contributed by atoms with van der Waals surface area (Å²) < 4.78 is 0. The number of aliphatic hydroxyl groups excluding tert-OH is 1. The second-order valence-electron chi connectivity index (χ2n) is 4.43. The van der Waals surface area contributed by atoms with Gasteiger partial charge in [0.05, 0.1) is 0 Å². The maximum atomic E-state index is 8.71. The van der Waals surface area contributed by atoms with Gasteiger partial charge in [0.25, 0.3) is 0 Å². The average molecular weight is 282 g/mol. The molecule has 0 aliphatic heterocycles. The van der Waals surface area contributed by atoms with Crippen molar-refractivity contribution in [2.75, 3.05) is 42.2 Å². The third-order valence-electron chi connectivity index (χ3n) is 2.67. The van der Waals surface area contributed by atoms with Crippen molar-refractivity contribution in [2.45, 2.75) is 39.5 Å². The van der Waals surface area contributed by atoms with Gasteiger partial charge in [0.15, 0.2) is 0 Å². The molecule has 1 heterocycles. The van der Waals surface area contributed by atoms with Gasteiger partial charge in [-0.1, -0.05) is 12.8 Å². The zero-order valence-electron chi connectivity index (χ0n) is 12.4. The minimum atomic E-state index is 0.277. The Bertz CT molecular complexity index is 350. The van der Waals surface area contributed by atoms with Crippen LogP contribution >= 0.6 is 0 Å². The van der Waals surface area contributed by atoms with Crippen molar-refractivity contribution < 1.29 is 5.11 Å². The van der Waals surface area contributed by atoms with Crippen LogP contribution < -0.4 is 16.0 Å². The number of hydrogen-bond acceptors (Lipinski definition) is 7. The van der Waals surface area contributed by atoms with Gasteiger partial charge in [-0.05, 0) is 26.7 Å². The molecule has 20 heavy (non-hydrogen) atoms. The predicted molar refractivity (Wildman–Crippen MR) is 82.2 cm³/mol. The normalized spacial score (nSPS) is 10.3. The maximum absolute atomic E-state index is 8.71. The quantitative estimate of drug-likeness (QED) is 0.459. The first-order valence-electron chi connectivity index (χ1n) is 7.38. The highest BCUT2D eigenvalue weighted by atomic mass is 16.2. The molecular weight excluding hydrogens is 256 g/mol. The molecule has 4 N–H and O–H groups in total. The molecule has 1 aromatic heterocycles. The van der Waals surface area contributed by atoms with E-state index in [0.29, 0.717) is 17.8 Å². The van der Waals surface area contributed by atoms with Crippen LogP contribution in [0.25, 0.3) is 0 Å². The van der Waals surface area contributed by atoms with Gasteiger partial charge >= 0.3 is 0 Å². The Morgan fingerprint density at radius 2 is 1.25 bits per heavy atom. The van der Waals surface area contributed by atoms with Gasteiger partial charge in [-0.3, -0.25) is 0 Å². The summed E-state index contributed by atoms with van der Waals surface area (Å²) in [5, 5.41) is 18.1. The fraction of sp³-hybridized carbons (Fsp3) is 0.769. The minimum absolute atomic E-state index is 0.277. The van der Waals surface area contributed by atoms with Crippen molar-refractivity contribution in [3.05, 3.63) is 0 Å². The molecule has 0 aliphatic carbocycles. The largest absolute Gasteiger partial charge is 0.396 e. The Hall–Kier alpha value is -1.63. The molecule has 0 radical (unpaired) electrons. The molecule has 7 nitrogen and oxygen atoms in total. The lowest BCUT2D eigenvalue weighted by Gasteiger charge is -2.09. The predicted octanol–water partition coefficient (Wildman–Crippen LogP) is 1.70. The maximum Gasteiger partial charge on any atom is 0.229 e. The summed E-state index contributed by atoms with van der Waals surface area (Å²) in [5.74, 6) is 1.76. The molecule has 0 spiro atoms. The molecule has 7 heteroatoms. The van der Waals surface area contributed by atoms with Crippen LogP contribution in [-0.2, 0) is 0 Å². The number of rotatable bonds is 11. The zero-order chi connectivity index (χ0) is 14.6. The fourth-order valence-corrected chi connectivity index (χ4v) is 1.72. The van der Waals surface area contributed by atoms with Gasteiger partial charge in [-0.2, -0.15) is 15.0 Å². The van der Waals surface area contributed by atoms with Crippen molar-refractivity contribution in [1.82, 2.24) is 15.0 Å².